The predicted molar refractivity (Wildman–Crippen MR) is 147 cm³/mol. The second-order valence-corrected chi connectivity index (χ2v) is 9.56. The van der Waals surface area contributed by atoms with Crippen LogP contribution in [0.4, 0.5) is 5.82 Å². The number of aromatic nitrogens is 4. The van der Waals surface area contributed by atoms with Gasteiger partial charge < -0.3 is 11.1 Å². The number of nitrogens with zero attached hydrogens (tertiary/aromatic N) is 4. The number of nitrogens with one attached hydrogen (secondary N) is 1. The summed E-state index contributed by atoms with van der Waals surface area (Å²) in [5.41, 5.74) is 8.50. The fourth-order valence-electron chi connectivity index (χ4n) is 4.85. The number of carbonyl (C=O) groups is 1. The summed E-state index contributed by atoms with van der Waals surface area (Å²) in [6, 6.07) is 18.3. The molecule has 0 unspecified atom stereocenters. The van der Waals surface area contributed by atoms with Crippen LogP contribution in [0, 0.1) is 17.8 Å². The van der Waals surface area contributed by atoms with Crippen LogP contribution in [0.1, 0.15) is 53.8 Å². The number of hydrogen-bond acceptors (Lipinski definition) is 5. The fraction of sp³-hybridized carbons (Fsp3) is 0.200. The number of pyridine rings is 1. The van der Waals surface area contributed by atoms with Crippen LogP contribution in [-0.2, 0) is 0 Å². The molecule has 1 aliphatic carbocycles. The van der Waals surface area contributed by atoms with E-state index in [2.05, 4.69) is 27.2 Å². The van der Waals surface area contributed by atoms with Crippen LogP contribution in [0.3, 0.4) is 0 Å². The Morgan fingerprint density at radius 2 is 1.95 bits per heavy atom. The first-order chi connectivity index (χ1) is 18.5. The van der Waals surface area contributed by atoms with Crippen molar-refractivity contribution in [2.75, 3.05) is 5.73 Å². The third kappa shape index (κ3) is 4.08. The average molecular weight is 503 g/mol. The van der Waals surface area contributed by atoms with E-state index in [9.17, 15) is 9.59 Å². The zero-order chi connectivity index (χ0) is 26.2. The van der Waals surface area contributed by atoms with Gasteiger partial charge in [-0.1, -0.05) is 48.6 Å². The van der Waals surface area contributed by atoms with Crippen molar-refractivity contribution in [2.24, 2.45) is 5.92 Å². The molecular formula is C30H26N6O2. The lowest BCUT2D eigenvalue weighted by molar-refractivity contribution is 0.0941. The highest BCUT2D eigenvalue weighted by molar-refractivity contribution is 6.04. The Kier molecular flexibility index (Phi) is 5.89. The smallest absolute Gasteiger partial charge is 0.264 e. The van der Waals surface area contributed by atoms with Gasteiger partial charge >= 0.3 is 0 Å². The molecule has 6 rings (SSSR count). The van der Waals surface area contributed by atoms with Gasteiger partial charge in [-0.3, -0.25) is 14.2 Å². The van der Waals surface area contributed by atoms with Gasteiger partial charge in [0.15, 0.2) is 11.5 Å². The number of nitrogens with two attached hydrogens (primary N) is 1. The van der Waals surface area contributed by atoms with Crippen LogP contribution >= 0.6 is 0 Å². The van der Waals surface area contributed by atoms with Crippen molar-refractivity contribution in [1.82, 2.24) is 24.5 Å². The van der Waals surface area contributed by atoms with Gasteiger partial charge in [-0.25, -0.2) is 9.50 Å². The topological polar surface area (TPSA) is 107 Å². The molecule has 2 aromatic carbocycles. The summed E-state index contributed by atoms with van der Waals surface area (Å²) in [6.45, 7) is 1.84. The van der Waals surface area contributed by atoms with Crippen LogP contribution in [0.5, 0.6) is 0 Å². The van der Waals surface area contributed by atoms with E-state index in [1.54, 1.807) is 23.0 Å². The van der Waals surface area contributed by atoms with E-state index in [4.69, 9.17) is 5.73 Å². The van der Waals surface area contributed by atoms with Crippen molar-refractivity contribution in [2.45, 2.75) is 32.2 Å². The minimum atomic E-state index is -0.539. The maximum Gasteiger partial charge on any atom is 0.264 e. The molecule has 1 fully saturated rings. The van der Waals surface area contributed by atoms with Crippen LogP contribution < -0.4 is 16.6 Å². The molecule has 1 atom stereocenters. The largest absolute Gasteiger partial charge is 0.381 e. The molecule has 0 bridgehead atoms. The molecule has 8 heteroatoms. The van der Waals surface area contributed by atoms with Crippen LogP contribution in [-0.4, -0.2) is 25.1 Å². The van der Waals surface area contributed by atoms with Crippen LogP contribution in [0.25, 0.3) is 22.1 Å². The summed E-state index contributed by atoms with van der Waals surface area (Å²) in [7, 11) is 0. The number of fused-ring (bicyclic) bond motifs is 2. The third-order valence-corrected chi connectivity index (χ3v) is 7.05. The summed E-state index contributed by atoms with van der Waals surface area (Å²) in [5.74, 6) is 6.67. The molecule has 188 valence electrons. The minimum absolute atomic E-state index is 0.0852. The molecule has 8 nitrogen and oxygen atoms in total. The molecule has 1 aliphatic rings. The molecule has 3 N–H and O–H groups in total. The number of hydrogen-bond donors (Lipinski definition) is 2. The zero-order valence-corrected chi connectivity index (χ0v) is 20.9. The lowest BCUT2D eigenvalue weighted by Gasteiger charge is -2.21. The van der Waals surface area contributed by atoms with Gasteiger partial charge in [-0.05, 0) is 55.5 Å². The Bertz CT molecular complexity index is 1810. The number of nitrogen functional groups attached to an aromatic ring is 1. The number of anilines is 1. The van der Waals surface area contributed by atoms with Crippen molar-refractivity contribution in [3.05, 3.63) is 100 Å². The Hall–Kier alpha value is -4.90. The molecule has 0 saturated heterocycles. The maximum absolute atomic E-state index is 14.1. The second kappa shape index (κ2) is 9.52. The number of amides is 1. The molecule has 0 aliphatic heterocycles. The molecule has 1 saturated carbocycles. The van der Waals surface area contributed by atoms with E-state index >= 15 is 0 Å². The molecule has 3 heterocycles. The summed E-state index contributed by atoms with van der Waals surface area (Å²) in [5, 5.41) is 8.54. The molecule has 38 heavy (non-hydrogen) atoms. The maximum atomic E-state index is 14.1. The first-order valence-electron chi connectivity index (χ1n) is 12.7. The lowest BCUT2D eigenvalue weighted by Crippen LogP contribution is -2.32. The number of para-hydroxylation sites is 1. The van der Waals surface area contributed by atoms with Crippen molar-refractivity contribution in [1.29, 1.82) is 0 Å². The first kappa shape index (κ1) is 23.5. The highest BCUT2D eigenvalue weighted by Crippen LogP contribution is 2.27. The van der Waals surface area contributed by atoms with Crippen LogP contribution in [0.15, 0.2) is 77.9 Å². The van der Waals surface area contributed by atoms with E-state index in [1.165, 1.54) is 10.9 Å². The van der Waals surface area contributed by atoms with Gasteiger partial charge in [0.1, 0.15) is 5.56 Å². The van der Waals surface area contributed by atoms with Crippen molar-refractivity contribution in [3.63, 3.8) is 0 Å². The number of carbonyl (C=O) groups excluding carboxylic acids is 1. The van der Waals surface area contributed by atoms with E-state index in [0.717, 1.165) is 23.8 Å². The molecule has 3 aromatic heterocycles. The SMILES string of the molecule is C[C@H](NC(=O)c1c(N)nn2cccnc12)c1cc2cccc(C#CC3CCC3)c2c(=O)n1-c1ccccc1. The summed E-state index contributed by atoms with van der Waals surface area (Å²) < 4.78 is 3.12. The average Bonchev–Trinajstić information content (AvgIpc) is 3.23. The van der Waals surface area contributed by atoms with Crippen molar-refractivity contribution < 1.29 is 4.79 Å². The lowest BCUT2D eigenvalue weighted by atomic mass is 9.86. The van der Waals surface area contributed by atoms with Gasteiger partial charge in [-0.2, -0.15) is 0 Å². The van der Waals surface area contributed by atoms with E-state index in [0.29, 0.717) is 28.3 Å². The van der Waals surface area contributed by atoms with E-state index in [-0.39, 0.29) is 16.9 Å². The highest BCUT2D eigenvalue weighted by atomic mass is 16.2. The number of rotatable bonds is 4. The van der Waals surface area contributed by atoms with Crippen molar-refractivity contribution >= 4 is 28.1 Å². The van der Waals surface area contributed by atoms with Crippen LogP contribution in [0.2, 0.25) is 0 Å². The molecular weight excluding hydrogens is 476 g/mol. The first-order valence-corrected chi connectivity index (χ1v) is 12.7. The Morgan fingerprint density at radius 1 is 1.13 bits per heavy atom. The normalized spacial score (nSPS) is 14.0. The molecule has 5 aromatic rings. The standard InChI is InChI=1S/C30H26N6O2/c1-19(33-29(37)26-27(31)34-35-17-7-16-32-28(26)35)24-18-22-11-6-10-21(15-14-20-8-5-9-20)25(22)30(38)36(24)23-12-3-2-4-13-23/h2-4,6-7,10-13,16-20H,5,8-9H2,1H3,(H2,31,34)(H,33,37)/t19-/m0/s1. The Balaban J connectivity index is 1.47. The second-order valence-electron chi connectivity index (χ2n) is 9.56. The zero-order valence-electron chi connectivity index (χ0n) is 20.9. The quantitative estimate of drug-likeness (QED) is 0.357. The summed E-state index contributed by atoms with van der Waals surface area (Å²) in [6.07, 6.45) is 6.69. The monoisotopic (exact) mass is 502 g/mol. The number of benzene rings is 2. The van der Waals surface area contributed by atoms with E-state index in [1.807, 2.05) is 61.5 Å². The Labute approximate surface area is 219 Å². The predicted octanol–water partition coefficient (Wildman–Crippen LogP) is 4.26. The molecule has 0 spiro atoms. The van der Waals surface area contributed by atoms with Gasteiger partial charge in [-0.15, -0.1) is 5.10 Å². The van der Waals surface area contributed by atoms with Gasteiger partial charge in [0.2, 0.25) is 0 Å². The Morgan fingerprint density at radius 3 is 2.71 bits per heavy atom. The summed E-state index contributed by atoms with van der Waals surface area (Å²) in [4.78, 5) is 31.7. The fourth-order valence-corrected chi connectivity index (χ4v) is 4.85. The van der Waals surface area contributed by atoms with Gasteiger partial charge in [0.25, 0.3) is 11.5 Å². The molecule has 1 amide bonds. The molecule has 0 radical (unpaired) electrons. The van der Waals surface area contributed by atoms with Gasteiger partial charge in [0.05, 0.1) is 11.4 Å². The third-order valence-electron chi connectivity index (χ3n) is 7.05. The van der Waals surface area contributed by atoms with E-state index < -0.39 is 11.9 Å². The summed E-state index contributed by atoms with van der Waals surface area (Å²) >= 11 is 0. The highest BCUT2D eigenvalue weighted by Gasteiger charge is 2.24. The van der Waals surface area contributed by atoms with Gasteiger partial charge in [0, 0.05) is 35.3 Å². The minimum Gasteiger partial charge on any atom is -0.381 e. The van der Waals surface area contributed by atoms with Crippen molar-refractivity contribution in [3.8, 4) is 17.5 Å².